The predicted octanol–water partition coefficient (Wildman–Crippen LogP) is 2.85. The third-order valence-corrected chi connectivity index (χ3v) is 4.49. The number of carbonyl (C=O) groups excluding carboxylic acids is 1. The lowest BCUT2D eigenvalue weighted by Crippen LogP contribution is -2.40. The highest BCUT2D eigenvalue weighted by molar-refractivity contribution is 7.92. The van der Waals surface area contributed by atoms with E-state index in [-0.39, 0.29) is 6.03 Å². The second-order valence-corrected chi connectivity index (χ2v) is 7.53. The van der Waals surface area contributed by atoms with Crippen LogP contribution in [-0.4, -0.2) is 38.7 Å². The van der Waals surface area contributed by atoms with Crippen molar-refractivity contribution >= 4 is 27.4 Å². The van der Waals surface area contributed by atoms with E-state index in [0.717, 1.165) is 19.1 Å². The fourth-order valence-electron chi connectivity index (χ4n) is 2.68. The average Bonchev–Trinajstić information content (AvgIpc) is 2.48. The first-order valence-electron chi connectivity index (χ1n) is 7.47. The van der Waals surface area contributed by atoms with Crippen molar-refractivity contribution in [2.24, 2.45) is 0 Å². The number of amides is 2. The number of rotatable bonds is 4. The predicted molar refractivity (Wildman–Crippen MR) is 88.6 cm³/mol. The molecule has 1 aromatic carbocycles. The molecule has 6 nitrogen and oxygen atoms in total. The summed E-state index contributed by atoms with van der Waals surface area (Å²) in [6, 6.07) is 6.78. The molecule has 7 heteroatoms. The lowest BCUT2D eigenvalue weighted by Gasteiger charge is -2.31. The van der Waals surface area contributed by atoms with Crippen LogP contribution in [0.5, 0.6) is 0 Å². The zero-order valence-electron chi connectivity index (χ0n) is 13.0. The first-order chi connectivity index (χ1) is 10.3. The molecule has 0 saturated heterocycles. The molecule has 1 fully saturated rings. The van der Waals surface area contributed by atoms with Crippen molar-refractivity contribution in [2.75, 3.05) is 23.3 Å². The summed E-state index contributed by atoms with van der Waals surface area (Å²) < 4.78 is 24.7. The SMILES string of the molecule is CN(C(=O)Nc1ccc(NS(C)(=O)=O)cc1)C1CCCCC1. The Kier molecular flexibility index (Phi) is 5.28. The molecule has 2 rings (SSSR count). The minimum absolute atomic E-state index is 0.129. The summed E-state index contributed by atoms with van der Waals surface area (Å²) in [6.07, 6.45) is 6.81. The first-order valence-corrected chi connectivity index (χ1v) is 9.36. The molecular weight excluding hydrogens is 302 g/mol. The molecule has 1 aliphatic carbocycles. The number of carbonyl (C=O) groups is 1. The Bertz CT molecular complexity index is 607. The van der Waals surface area contributed by atoms with Gasteiger partial charge in [-0.3, -0.25) is 4.72 Å². The molecule has 0 radical (unpaired) electrons. The number of benzene rings is 1. The van der Waals surface area contributed by atoms with Gasteiger partial charge in [0.25, 0.3) is 0 Å². The van der Waals surface area contributed by atoms with Gasteiger partial charge in [0.15, 0.2) is 0 Å². The van der Waals surface area contributed by atoms with Crippen LogP contribution in [0.3, 0.4) is 0 Å². The topological polar surface area (TPSA) is 78.5 Å². The molecule has 0 atom stereocenters. The maximum Gasteiger partial charge on any atom is 0.321 e. The fourth-order valence-corrected chi connectivity index (χ4v) is 3.25. The highest BCUT2D eigenvalue weighted by atomic mass is 32.2. The summed E-state index contributed by atoms with van der Waals surface area (Å²) in [6.45, 7) is 0. The third kappa shape index (κ3) is 4.91. The molecule has 22 heavy (non-hydrogen) atoms. The normalized spacial score (nSPS) is 16.1. The van der Waals surface area contributed by atoms with Crippen LogP contribution in [0, 0.1) is 0 Å². The van der Waals surface area contributed by atoms with E-state index in [2.05, 4.69) is 10.0 Å². The largest absolute Gasteiger partial charge is 0.325 e. The van der Waals surface area contributed by atoms with Gasteiger partial charge in [0, 0.05) is 24.5 Å². The van der Waals surface area contributed by atoms with E-state index in [1.165, 1.54) is 19.3 Å². The van der Waals surface area contributed by atoms with Crippen molar-refractivity contribution in [3.63, 3.8) is 0 Å². The quantitative estimate of drug-likeness (QED) is 0.893. The van der Waals surface area contributed by atoms with Gasteiger partial charge in [-0.25, -0.2) is 13.2 Å². The van der Waals surface area contributed by atoms with E-state index in [4.69, 9.17) is 0 Å². The van der Waals surface area contributed by atoms with Gasteiger partial charge in [-0.1, -0.05) is 19.3 Å². The van der Waals surface area contributed by atoms with Crippen LogP contribution in [-0.2, 0) is 10.0 Å². The minimum Gasteiger partial charge on any atom is -0.325 e. The Balaban J connectivity index is 1.93. The molecule has 0 bridgehead atoms. The summed E-state index contributed by atoms with van der Waals surface area (Å²) in [4.78, 5) is 14.0. The van der Waals surface area contributed by atoms with E-state index in [1.807, 2.05) is 7.05 Å². The molecule has 0 unspecified atom stereocenters. The number of anilines is 2. The number of sulfonamides is 1. The molecule has 1 aromatic rings. The number of hydrogen-bond donors (Lipinski definition) is 2. The highest BCUT2D eigenvalue weighted by Crippen LogP contribution is 2.22. The Morgan fingerprint density at radius 3 is 2.18 bits per heavy atom. The number of nitrogens with zero attached hydrogens (tertiary/aromatic N) is 1. The van der Waals surface area contributed by atoms with Crippen molar-refractivity contribution in [2.45, 2.75) is 38.1 Å². The summed E-state index contributed by atoms with van der Waals surface area (Å²) in [5.74, 6) is 0. The molecule has 1 saturated carbocycles. The lowest BCUT2D eigenvalue weighted by atomic mass is 9.95. The Morgan fingerprint density at radius 1 is 1.09 bits per heavy atom. The zero-order chi connectivity index (χ0) is 16.2. The van der Waals surface area contributed by atoms with Crippen LogP contribution in [0.15, 0.2) is 24.3 Å². The second kappa shape index (κ2) is 7.00. The molecule has 0 spiro atoms. The van der Waals surface area contributed by atoms with Crippen LogP contribution >= 0.6 is 0 Å². The maximum absolute atomic E-state index is 12.2. The van der Waals surface area contributed by atoms with E-state index in [1.54, 1.807) is 29.2 Å². The molecule has 2 amide bonds. The summed E-state index contributed by atoms with van der Waals surface area (Å²) in [5.41, 5.74) is 1.12. The fraction of sp³-hybridized carbons (Fsp3) is 0.533. The highest BCUT2D eigenvalue weighted by Gasteiger charge is 2.21. The first kappa shape index (κ1) is 16.6. The Labute approximate surface area is 131 Å². The average molecular weight is 325 g/mol. The van der Waals surface area contributed by atoms with Gasteiger partial charge in [-0.15, -0.1) is 0 Å². The second-order valence-electron chi connectivity index (χ2n) is 5.78. The van der Waals surface area contributed by atoms with Gasteiger partial charge in [-0.05, 0) is 37.1 Å². The standard InChI is InChI=1S/C15H23N3O3S/c1-18(14-6-4-3-5-7-14)15(19)16-12-8-10-13(11-9-12)17-22(2,20)21/h8-11,14,17H,3-7H2,1-2H3,(H,16,19). The molecule has 0 heterocycles. The van der Waals surface area contributed by atoms with E-state index >= 15 is 0 Å². The van der Waals surface area contributed by atoms with Crippen LogP contribution in [0.1, 0.15) is 32.1 Å². The van der Waals surface area contributed by atoms with E-state index < -0.39 is 10.0 Å². The molecular formula is C15H23N3O3S. The zero-order valence-corrected chi connectivity index (χ0v) is 13.8. The van der Waals surface area contributed by atoms with Crippen molar-refractivity contribution < 1.29 is 13.2 Å². The van der Waals surface area contributed by atoms with Crippen molar-refractivity contribution in [3.05, 3.63) is 24.3 Å². The van der Waals surface area contributed by atoms with Gasteiger partial charge in [0.1, 0.15) is 0 Å². The van der Waals surface area contributed by atoms with Crippen molar-refractivity contribution in [1.29, 1.82) is 0 Å². The molecule has 0 aliphatic heterocycles. The third-order valence-electron chi connectivity index (χ3n) is 3.88. The lowest BCUT2D eigenvalue weighted by molar-refractivity contribution is 0.186. The number of urea groups is 1. The number of nitrogens with one attached hydrogen (secondary N) is 2. The molecule has 1 aliphatic rings. The maximum atomic E-state index is 12.2. The van der Waals surface area contributed by atoms with Crippen LogP contribution in [0.25, 0.3) is 0 Å². The van der Waals surface area contributed by atoms with Crippen LogP contribution in [0.2, 0.25) is 0 Å². The van der Waals surface area contributed by atoms with Gasteiger partial charge in [0.05, 0.1) is 6.26 Å². The Hall–Kier alpha value is -1.76. The summed E-state index contributed by atoms with van der Waals surface area (Å²) in [7, 11) is -1.46. The van der Waals surface area contributed by atoms with E-state index in [0.29, 0.717) is 17.4 Å². The smallest absolute Gasteiger partial charge is 0.321 e. The van der Waals surface area contributed by atoms with Crippen LogP contribution in [0.4, 0.5) is 16.2 Å². The van der Waals surface area contributed by atoms with Crippen molar-refractivity contribution in [1.82, 2.24) is 4.90 Å². The monoisotopic (exact) mass is 325 g/mol. The summed E-state index contributed by atoms with van der Waals surface area (Å²) in [5, 5.41) is 2.84. The summed E-state index contributed by atoms with van der Waals surface area (Å²) >= 11 is 0. The van der Waals surface area contributed by atoms with Gasteiger partial charge >= 0.3 is 6.03 Å². The molecule has 122 valence electrons. The van der Waals surface area contributed by atoms with Crippen LogP contribution < -0.4 is 10.0 Å². The van der Waals surface area contributed by atoms with E-state index in [9.17, 15) is 13.2 Å². The Morgan fingerprint density at radius 2 is 1.64 bits per heavy atom. The molecule has 2 N–H and O–H groups in total. The van der Waals surface area contributed by atoms with Gasteiger partial charge in [-0.2, -0.15) is 0 Å². The number of hydrogen-bond acceptors (Lipinski definition) is 3. The van der Waals surface area contributed by atoms with Crippen molar-refractivity contribution in [3.8, 4) is 0 Å². The minimum atomic E-state index is -3.29. The van der Waals surface area contributed by atoms with Gasteiger partial charge < -0.3 is 10.2 Å². The molecule has 0 aromatic heterocycles. The van der Waals surface area contributed by atoms with Gasteiger partial charge in [0.2, 0.25) is 10.0 Å².